The molecule has 196 valence electrons. The third-order valence-electron chi connectivity index (χ3n) is 7.03. The van der Waals surface area contributed by atoms with Crippen LogP contribution in [-0.2, 0) is 19.1 Å². The molecule has 0 radical (unpaired) electrons. The molecule has 4 rings (SSSR count). The average Bonchev–Trinajstić information content (AvgIpc) is 2.91. The molecule has 1 aliphatic heterocycles. The number of carbonyl (C=O) groups excluding carboxylic acids is 2. The number of benzene rings is 2. The summed E-state index contributed by atoms with van der Waals surface area (Å²) in [5.74, 6) is -0.281. The van der Waals surface area contributed by atoms with Crippen molar-refractivity contribution in [1.82, 2.24) is 0 Å². The molecule has 2 aromatic carbocycles. The van der Waals surface area contributed by atoms with Gasteiger partial charge in [0.15, 0.2) is 17.3 Å². The van der Waals surface area contributed by atoms with Crippen LogP contribution in [0.3, 0.4) is 0 Å². The van der Waals surface area contributed by atoms with Gasteiger partial charge in [0, 0.05) is 41.3 Å². The number of allylic oxidation sites excluding steroid dienone is 2. The Labute approximate surface area is 222 Å². The lowest BCUT2D eigenvalue weighted by atomic mass is 9.69. The maximum atomic E-state index is 13.8. The third kappa shape index (κ3) is 5.60. The topological polar surface area (TPSA) is 83.4 Å². The number of aliphatic imine (C=N–C) groups is 1. The monoisotopic (exact) mass is 523 g/mol. The molecule has 0 bridgehead atoms. The number of carbonyl (C=O) groups is 2. The van der Waals surface area contributed by atoms with Crippen molar-refractivity contribution in [1.29, 1.82) is 0 Å². The van der Waals surface area contributed by atoms with Crippen molar-refractivity contribution in [3.63, 3.8) is 0 Å². The summed E-state index contributed by atoms with van der Waals surface area (Å²) >= 11 is 1.64. The van der Waals surface area contributed by atoms with Crippen LogP contribution in [0, 0.1) is 5.92 Å². The van der Waals surface area contributed by atoms with E-state index in [2.05, 4.69) is 0 Å². The Kier molecular flexibility index (Phi) is 8.71. The van der Waals surface area contributed by atoms with Crippen molar-refractivity contribution in [2.75, 3.05) is 40.8 Å². The van der Waals surface area contributed by atoms with Crippen LogP contribution >= 0.6 is 11.8 Å². The van der Waals surface area contributed by atoms with E-state index >= 15 is 0 Å². The first-order chi connectivity index (χ1) is 17.9. The molecule has 1 heterocycles. The van der Waals surface area contributed by atoms with Crippen molar-refractivity contribution >= 4 is 29.2 Å². The number of methoxy groups -OCH3 is 3. The van der Waals surface area contributed by atoms with Gasteiger partial charge in [-0.25, -0.2) is 0 Å². The Hall–Kier alpha value is -3.10. The van der Waals surface area contributed by atoms with Gasteiger partial charge in [-0.1, -0.05) is 18.2 Å². The molecule has 2 aromatic rings. The minimum atomic E-state index is -0.669. The van der Waals surface area contributed by atoms with E-state index in [1.807, 2.05) is 55.6 Å². The second-order valence-electron chi connectivity index (χ2n) is 9.15. The fraction of sp³-hybridized carbons (Fsp3) is 0.414. The maximum absolute atomic E-state index is 13.8. The summed E-state index contributed by atoms with van der Waals surface area (Å²) in [6.45, 7) is 2.31. The molecule has 0 saturated carbocycles. The van der Waals surface area contributed by atoms with Gasteiger partial charge in [-0.05, 0) is 60.9 Å². The minimum Gasteiger partial charge on any atom is -0.493 e. The molecule has 3 atom stereocenters. The number of ketones is 1. The van der Waals surface area contributed by atoms with E-state index in [-0.39, 0.29) is 18.3 Å². The van der Waals surface area contributed by atoms with Gasteiger partial charge in [0.2, 0.25) is 0 Å². The quantitative estimate of drug-likeness (QED) is 0.254. The van der Waals surface area contributed by atoms with Crippen molar-refractivity contribution in [2.45, 2.75) is 36.5 Å². The lowest BCUT2D eigenvalue weighted by Gasteiger charge is -2.36. The van der Waals surface area contributed by atoms with Crippen molar-refractivity contribution in [3.05, 3.63) is 64.9 Å². The lowest BCUT2D eigenvalue weighted by molar-refractivity contribution is -0.147. The van der Waals surface area contributed by atoms with E-state index in [1.165, 1.54) is 0 Å². The van der Waals surface area contributed by atoms with Gasteiger partial charge in [0.05, 0.1) is 20.8 Å². The van der Waals surface area contributed by atoms with Gasteiger partial charge < -0.3 is 18.9 Å². The number of rotatable bonds is 9. The summed E-state index contributed by atoms with van der Waals surface area (Å²) in [7, 11) is 4.76. The number of Topliss-reactive ketones (excluding diaryl/α,β-unsaturated/α-hetero) is 1. The van der Waals surface area contributed by atoms with E-state index < -0.39 is 17.8 Å². The first-order valence-corrected chi connectivity index (χ1v) is 13.5. The number of esters is 1. The molecule has 0 N–H and O–H groups in total. The van der Waals surface area contributed by atoms with E-state index in [4.69, 9.17) is 23.9 Å². The molecule has 0 amide bonds. The largest absolute Gasteiger partial charge is 0.493 e. The predicted molar refractivity (Wildman–Crippen MR) is 144 cm³/mol. The standard InChI is InChI=1S/C29H33NO6S/c1-17-26(29(32)36-13-12-33-2)27(18-6-9-21(37-5)10-7-18)28-22(30-17)14-20(15-23(28)31)19-8-11-24(34-3)25(16-19)35-4/h6-11,16,20,26-27H,12-15H2,1-5H3/t20-,26?,27-/m0/s1. The first-order valence-electron chi connectivity index (χ1n) is 12.2. The summed E-state index contributed by atoms with van der Waals surface area (Å²) < 4.78 is 21.4. The summed E-state index contributed by atoms with van der Waals surface area (Å²) in [6, 6.07) is 13.8. The lowest BCUT2D eigenvalue weighted by Crippen LogP contribution is -2.38. The van der Waals surface area contributed by atoms with E-state index in [0.29, 0.717) is 42.2 Å². The van der Waals surface area contributed by atoms with Gasteiger partial charge in [0.25, 0.3) is 0 Å². The predicted octanol–water partition coefficient (Wildman–Crippen LogP) is 5.19. The van der Waals surface area contributed by atoms with Gasteiger partial charge in [-0.3, -0.25) is 14.6 Å². The van der Waals surface area contributed by atoms with Crippen molar-refractivity contribution in [3.8, 4) is 11.5 Å². The normalized spacial score (nSPS) is 21.3. The van der Waals surface area contributed by atoms with Gasteiger partial charge in [-0.2, -0.15) is 0 Å². The Morgan fingerprint density at radius 3 is 2.32 bits per heavy atom. The van der Waals surface area contributed by atoms with Crippen LogP contribution in [0.2, 0.25) is 0 Å². The van der Waals surface area contributed by atoms with E-state index in [9.17, 15) is 9.59 Å². The Morgan fingerprint density at radius 2 is 1.68 bits per heavy atom. The minimum absolute atomic E-state index is 0.00548. The highest BCUT2D eigenvalue weighted by molar-refractivity contribution is 7.98. The summed E-state index contributed by atoms with van der Waals surface area (Å²) in [6.07, 6.45) is 2.94. The van der Waals surface area contributed by atoms with Crippen molar-refractivity contribution < 1.29 is 28.5 Å². The van der Waals surface area contributed by atoms with Crippen molar-refractivity contribution in [2.24, 2.45) is 10.9 Å². The molecule has 0 fully saturated rings. The highest BCUT2D eigenvalue weighted by Gasteiger charge is 2.44. The molecule has 1 aliphatic carbocycles. The molecule has 1 unspecified atom stereocenters. The number of hydrogen-bond donors (Lipinski definition) is 0. The van der Waals surface area contributed by atoms with Crippen LogP contribution in [0.15, 0.2) is 63.6 Å². The fourth-order valence-electron chi connectivity index (χ4n) is 5.19. The smallest absolute Gasteiger partial charge is 0.315 e. The molecular formula is C29H33NO6S. The molecule has 0 spiro atoms. The molecular weight excluding hydrogens is 490 g/mol. The van der Waals surface area contributed by atoms with Crippen LogP contribution < -0.4 is 9.47 Å². The second-order valence-corrected chi connectivity index (χ2v) is 10.0. The number of thioether (sulfide) groups is 1. The number of nitrogens with zero attached hydrogens (tertiary/aromatic N) is 1. The molecule has 0 saturated heterocycles. The number of hydrogen-bond acceptors (Lipinski definition) is 8. The van der Waals surface area contributed by atoms with Gasteiger partial charge in [0.1, 0.15) is 12.5 Å². The zero-order chi connectivity index (χ0) is 26.5. The van der Waals surface area contributed by atoms with E-state index in [0.717, 1.165) is 21.7 Å². The molecule has 8 heteroatoms. The van der Waals surface area contributed by atoms with Crippen LogP contribution in [0.4, 0.5) is 0 Å². The molecule has 7 nitrogen and oxygen atoms in total. The van der Waals surface area contributed by atoms with Gasteiger partial charge in [-0.15, -0.1) is 11.8 Å². The van der Waals surface area contributed by atoms with E-state index in [1.54, 1.807) is 33.1 Å². The zero-order valence-corrected chi connectivity index (χ0v) is 22.7. The summed E-state index contributed by atoms with van der Waals surface area (Å²) in [4.78, 5) is 33.0. The fourth-order valence-corrected chi connectivity index (χ4v) is 5.60. The molecule has 2 aliphatic rings. The van der Waals surface area contributed by atoms with Crippen LogP contribution in [-0.4, -0.2) is 58.3 Å². The summed E-state index contributed by atoms with van der Waals surface area (Å²) in [5.41, 5.74) is 3.92. The SMILES string of the molecule is COCCOC(=O)C1C(C)=NC2=C(C(=O)C[C@@H](c3ccc(OC)c(OC)c3)C2)[C@H]1c1ccc(SC)cc1. The zero-order valence-electron chi connectivity index (χ0n) is 21.9. The molecule has 37 heavy (non-hydrogen) atoms. The highest BCUT2D eigenvalue weighted by Crippen LogP contribution is 2.47. The second kappa shape index (κ2) is 12.0. The highest BCUT2D eigenvalue weighted by atomic mass is 32.2. The summed E-state index contributed by atoms with van der Waals surface area (Å²) in [5, 5.41) is 0. The number of ether oxygens (including phenoxy) is 4. The Bertz CT molecular complexity index is 1220. The van der Waals surface area contributed by atoms with Gasteiger partial charge >= 0.3 is 5.97 Å². The average molecular weight is 524 g/mol. The first kappa shape index (κ1) is 26.9. The Morgan fingerprint density at radius 1 is 0.973 bits per heavy atom. The van der Waals surface area contributed by atoms with Crippen LogP contribution in [0.25, 0.3) is 0 Å². The third-order valence-corrected chi connectivity index (χ3v) is 7.77. The Balaban J connectivity index is 1.73. The van der Waals surface area contributed by atoms with Crippen LogP contribution in [0.1, 0.15) is 42.7 Å². The van der Waals surface area contributed by atoms with Crippen LogP contribution in [0.5, 0.6) is 11.5 Å². The maximum Gasteiger partial charge on any atom is 0.315 e. The molecule has 0 aromatic heterocycles.